The van der Waals surface area contributed by atoms with Gasteiger partial charge in [-0.25, -0.2) is 0 Å². The fourth-order valence-corrected chi connectivity index (χ4v) is 2.99. The number of para-hydroxylation sites is 1. The molecule has 0 bridgehead atoms. The molecule has 2 aromatic carbocycles. The number of aromatic nitrogens is 1. The van der Waals surface area contributed by atoms with Crippen LogP contribution in [0.5, 0.6) is 11.5 Å². The molecule has 0 saturated carbocycles. The van der Waals surface area contributed by atoms with E-state index in [0.717, 1.165) is 9.86 Å². The number of halogens is 1. The summed E-state index contributed by atoms with van der Waals surface area (Å²) < 4.78 is 17.0. The van der Waals surface area contributed by atoms with Crippen molar-refractivity contribution in [1.82, 2.24) is 5.16 Å². The Hall–Kier alpha value is -2.54. The molecule has 0 radical (unpaired) electrons. The minimum Gasteiger partial charge on any atom is -0.486 e. The normalized spacial score (nSPS) is 13.0. The van der Waals surface area contributed by atoms with Crippen LogP contribution in [0.2, 0.25) is 0 Å². The van der Waals surface area contributed by atoms with Gasteiger partial charge in [0.2, 0.25) is 5.91 Å². The van der Waals surface area contributed by atoms with E-state index in [1.165, 1.54) is 0 Å². The van der Waals surface area contributed by atoms with E-state index in [9.17, 15) is 4.79 Å². The summed E-state index contributed by atoms with van der Waals surface area (Å²) in [4.78, 5) is 12.4. The number of amides is 1. The molecule has 4 rings (SSSR count). The number of nitrogens with zero attached hydrogens (tertiary/aromatic N) is 1. The van der Waals surface area contributed by atoms with Gasteiger partial charge in [0.05, 0.1) is 12.1 Å². The number of nitrogens with one attached hydrogen (secondary N) is 1. The summed E-state index contributed by atoms with van der Waals surface area (Å²) in [5, 5.41) is 7.68. The predicted molar refractivity (Wildman–Crippen MR) is 91.5 cm³/mol. The number of rotatable bonds is 3. The molecule has 6 nitrogen and oxygen atoms in total. The monoisotopic (exact) mass is 388 g/mol. The van der Waals surface area contributed by atoms with Crippen molar-refractivity contribution in [2.24, 2.45) is 0 Å². The standard InChI is InChI=1S/C17H13BrN2O4/c18-11-7-15-16(23-6-5-22-15)8-13(11)19-17(21)9-12-10-3-1-2-4-14(10)24-20-12/h1-4,7-8H,5-6,9H2,(H,19,21). The Bertz CT molecular complexity index is 922. The average molecular weight is 389 g/mol. The number of ether oxygens (including phenoxy) is 2. The van der Waals surface area contributed by atoms with Gasteiger partial charge in [0.25, 0.3) is 0 Å². The molecule has 1 N–H and O–H groups in total. The van der Waals surface area contributed by atoms with Gasteiger partial charge >= 0.3 is 0 Å². The summed E-state index contributed by atoms with van der Waals surface area (Å²) in [6, 6.07) is 11.0. The summed E-state index contributed by atoms with van der Waals surface area (Å²) in [5.41, 5.74) is 1.90. The zero-order valence-corrected chi connectivity index (χ0v) is 14.1. The lowest BCUT2D eigenvalue weighted by Crippen LogP contribution is -2.18. The topological polar surface area (TPSA) is 73.6 Å². The molecule has 122 valence electrons. The lowest BCUT2D eigenvalue weighted by Gasteiger charge is -2.20. The van der Waals surface area contributed by atoms with Gasteiger partial charge in [-0.1, -0.05) is 17.3 Å². The number of hydrogen-bond donors (Lipinski definition) is 1. The van der Waals surface area contributed by atoms with E-state index < -0.39 is 0 Å². The molecule has 0 atom stereocenters. The third-order valence-corrected chi connectivity index (χ3v) is 4.34. The third kappa shape index (κ3) is 2.82. The van der Waals surface area contributed by atoms with Gasteiger partial charge in [-0.05, 0) is 28.1 Å². The molecule has 0 aliphatic carbocycles. The predicted octanol–water partition coefficient (Wildman–Crippen LogP) is 3.54. The number of anilines is 1. The number of fused-ring (bicyclic) bond motifs is 2. The van der Waals surface area contributed by atoms with Crippen molar-refractivity contribution in [1.29, 1.82) is 0 Å². The Morgan fingerprint density at radius 2 is 1.92 bits per heavy atom. The molecule has 3 aromatic rings. The minimum atomic E-state index is -0.188. The van der Waals surface area contributed by atoms with Crippen molar-refractivity contribution in [3.63, 3.8) is 0 Å². The van der Waals surface area contributed by atoms with Crippen LogP contribution in [0.15, 0.2) is 45.4 Å². The second-order valence-corrected chi connectivity index (χ2v) is 6.18. The first-order valence-corrected chi connectivity index (χ1v) is 8.22. The van der Waals surface area contributed by atoms with E-state index >= 15 is 0 Å². The minimum absolute atomic E-state index is 0.123. The maximum atomic E-state index is 12.4. The van der Waals surface area contributed by atoms with Crippen LogP contribution < -0.4 is 14.8 Å². The van der Waals surface area contributed by atoms with Crippen LogP contribution >= 0.6 is 15.9 Å². The van der Waals surface area contributed by atoms with Crippen LogP contribution in [0, 0.1) is 0 Å². The summed E-state index contributed by atoms with van der Waals surface area (Å²) in [6.45, 7) is 1.01. The highest BCUT2D eigenvalue weighted by atomic mass is 79.9. The van der Waals surface area contributed by atoms with Crippen molar-refractivity contribution in [2.45, 2.75) is 6.42 Å². The Kier molecular flexibility index (Phi) is 3.86. The maximum absolute atomic E-state index is 12.4. The molecule has 2 heterocycles. The molecule has 0 fully saturated rings. The van der Waals surface area contributed by atoms with E-state index in [-0.39, 0.29) is 12.3 Å². The molecule has 1 aromatic heterocycles. The number of carbonyl (C=O) groups excluding carboxylic acids is 1. The largest absolute Gasteiger partial charge is 0.486 e. The van der Waals surface area contributed by atoms with Gasteiger partial charge in [-0.2, -0.15) is 0 Å². The molecule has 7 heteroatoms. The molecule has 1 aliphatic heterocycles. The SMILES string of the molecule is O=C(Cc1noc2ccccc12)Nc1cc2c(cc1Br)OCCO2. The van der Waals surface area contributed by atoms with Gasteiger partial charge in [0.1, 0.15) is 18.9 Å². The molecule has 0 unspecified atom stereocenters. The number of hydrogen-bond acceptors (Lipinski definition) is 5. The smallest absolute Gasteiger partial charge is 0.230 e. The highest BCUT2D eigenvalue weighted by Crippen LogP contribution is 2.38. The molecule has 0 saturated heterocycles. The molecular formula is C17H13BrN2O4. The van der Waals surface area contributed by atoms with Crippen molar-refractivity contribution < 1.29 is 18.8 Å². The van der Waals surface area contributed by atoms with Gasteiger partial charge in [-0.15, -0.1) is 0 Å². The number of carbonyl (C=O) groups is 1. The number of benzene rings is 2. The third-order valence-electron chi connectivity index (χ3n) is 3.69. The Balaban J connectivity index is 1.54. The summed E-state index contributed by atoms with van der Waals surface area (Å²) in [7, 11) is 0. The van der Waals surface area contributed by atoms with E-state index in [1.54, 1.807) is 12.1 Å². The first-order chi connectivity index (χ1) is 11.7. The van der Waals surface area contributed by atoms with Crippen LogP contribution in [0.1, 0.15) is 5.69 Å². The van der Waals surface area contributed by atoms with E-state index in [2.05, 4.69) is 26.4 Å². The van der Waals surface area contributed by atoms with Crippen LogP contribution in [0.3, 0.4) is 0 Å². The van der Waals surface area contributed by atoms with Crippen LogP contribution in [0.25, 0.3) is 11.0 Å². The summed E-state index contributed by atoms with van der Waals surface area (Å²) in [5.74, 6) is 1.09. The molecular weight excluding hydrogens is 376 g/mol. The molecule has 1 aliphatic rings. The van der Waals surface area contributed by atoms with Gasteiger partial charge in [0.15, 0.2) is 17.1 Å². The second-order valence-electron chi connectivity index (χ2n) is 5.33. The Morgan fingerprint density at radius 3 is 2.75 bits per heavy atom. The van der Waals surface area contributed by atoms with E-state index in [0.29, 0.717) is 41.7 Å². The van der Waals surface area contributed by atoms with Gasteiger partial charge < -0.3 is 19.3 Å². The lowest BCUT2D eigenvalue weighted by molar-refractivity contribution is -0.115. The fraction of sp³-hybridized carbons (Fsp3) is 0.176. The van der Waals surface area contributed by atoms with Crippen molar-refractivity contribution >= 4 is 38.5 Å². The van der Waals surface area contributed by atoms with Gasteiger partial charge in [-0.3, -0.25) is 4.79 Å². The average Bonchev–Trinajstić information content (AvgIpc) is 2.99. The second kappa shape index (κ2) is 6.16. The zero-order valence-electron chi connectivity index (χ0n) is 12.5. The highest BCUT2D eigenvalue weighted by molar-refractivity contribution is 9.10. The van der Waals surface area contributed by atoms with Crippen LogP contribution in [-0.4, -0.2) is 24.3 Å². The molecule has 1 amide bonds. The first-order valence-electron chi connectivity index (χ1n) is 7.43. The first kappa shape index (κ1) is 15.0. The highest BCUT2D eigenvalue weighted by Gasteiger charge is 2.17. The van der Waals surface area contributed by atoms with Gasteiger partial charge in [0, 0.05) is 22.0 Å². The molecule has 0 spiro atoms. The fourth-order valence-electron chi connectivity index (χ4n) is 2.57. The Labute approximate surface area is 145 Å². The van der Waals surface area contributed by atoms with Crippen molar-refractivity contribution in [2.75, 3.05) is 18.5 Å². The summed E-state index contributed by atoms with van der Waals surface area (Å²) in [6.07, 6.45) is 0.123. The van der Waals surface area contributed by atoms with Crippen molar-refractivity contribution in [3.8, 4) is 11.5 Å². The summed E-state index contributed by atoms with van der Waals surface area (Å²) >= 11 is 3.44. The quantitative estimate of drug-likeness (QED) is 0.742. The maximum Gasteiger partial charge on any atom is 0.230 e. The van der Waals surface area contributed by atoms with Crippen LogP contribution in [-0.2, 0) is 11.2 Å². The van der Waals surface area contributed by atoms with Crippen LogP contribution in [0.4, 0.5) is 5.69 Å². The lowest BCUT2D eigenvalue weighted by atomic mass is 10.1. The van der Waals surface area contributed by atoms with E-state index in [1.807, 2.05) is 24.3 Å². The van der Waals surface area contributed by atoms with Crippen molar-refractivity contribution in [3.05, 3.63) is 46.6 Å². The Morgan fingerprint density at radius 1 is 1.17 bits per heavy atom. The zero-order chi connectivity index (χ0) is 16.5. The van der Waals surface area contributed by atoms with E-state index in [4.69, 9.17) is 14.0 Å². The molecule has 24 heavy (non-hydrogen) atoms.